The fourth-order valence-corrected chi connectivity index (χ4v) is 2.17. The number of hydrogen-bond donors (Lipinski definition) is 1. The molecule has 0 saturated carbocycles. The monoisotopic (exact) mass is 289 g/mol. The summed E-state index contributed by atoms with van der Waals surface area (Å²) in [4.78, 5) is 13.0. The van der Waals surface area contributed by atoms with Gasteiger partial charge in [0, 0.05) is 37.2 Å². The molecule has 1 atom stereocenters. The molecule has 1 aromatic carbocycles. The van der Waals surface area contributed by atoms with Crippen molar-refractivity contribution < 1.29 is 27.8 Å². The molecule has 4 nitrogen and oxygen atoms in total. The van der Waals surface area contributed by atoms with Crippen LogP contribution in [0.25, 0.3) is 0 Å². The summed E-state index contributed by atoms with van der Waals surface area (Å²) in [5.41, 5.74) is -0.732. The van der Waals surface area contributed by atoms with Crippen LogP contribution in [0.15, 0.2) is 18.2 Å². The van der Waals surface area contributed by atoms with Crippen molar-refractivity contribution in [1.82, 2.24) is 0 Å². The highest BCUT2D eigenvalue weighted by molar-refractivity contribution is 5.96. The molecule has 1 N–H and O–H groups in total. The fourth-order valence-electron chi connectivity index (χ4n) is 2.17. The van der Waals surface area contributed by atoms with Gasteiger partial charge in [-0.05, 0) is 12.1 Å². The summed E-state index contributed by atoms with van der Waals surface area (Å²) < 4.78 is 43.3. The van der Waals surface area contributed by atoms with E-state index < -0.39 is 11.7 Å². The minimum Gasteiger partial charge on any atom is -0.497 e. The molecule has 1 amide bonds. The summed E-state index contributed by atoms with van der Waals surface area (Å²) in [5, 5.41) is 9.05. The van der Waals surface area contributed by atoms with E-state index in [-0.39, 0.29) is 42.8 Å². The Kier molecular flexibility index (Phi) is 3.89. The normalized spacial score (nSPS) is 19.6. The average molecular weight is 289 g/mol. The van der Waals surface area contributed by atoms with E-state index >= 15 is 0 Å². The van der Waals surface area contributed by atoms with E-state index in [2.05, 4.69) is 0 Å². The van der Waals surface area contributed by atoms with Gasteiger partial charge in [-0.3, -0.25) is 4.79 Å². The van der Waals surface area contributed by atoms with E-state index in [0.29, 0.717) is 0 Å². The molecule has 20 heavy (non-hydrogen) atoms. The fraction of sp³-hybridized carbons (Fsp3) is 0.462. The van der Waals surface area contributed by atoms with Crippen molar-refractivity contribution in [1.29, 1.82) is 0 Å². The predicted octanol–water partition coefficient (Wildman–Crippen LogP) is 2.06. The zero-order valence-electron chi connectivity index (χ0n) is 10.8. The van der Waals surface area contributed by atoms with Gasteiger partial charge in [0.25, 0.3) is 0 Å². The second kappa shape index (κ2) is 5.32. The van der Waals surface area contributed by atoms with Crippen LogP contribution in [0.3, 0.4) is 0 Å². The Bertz CT molecular complexity index is 516. The molecule has 0 radical (unpaired) electrons. The predicted molar refractivity (Wildman–Crippen MR) is 65.5 cm³/mol. The summed E-state index contributed by atoms with van der Waals surface area (Å²) in [6, 6.07) is 3.18. The molecule has 0 spiro atoms. The lowest BCUT2D eigenvalue weighted by atomic mass is 10.1. The van der Waals surface area contributed by atoms with Gasteiger partial charge in [0.2, 0.25) is 5.91 Å². The van der Waals surface area contributed by atoms with Crippen molar-refractivity contribution in [3.63, 3.8) is 0 Å². The summed E-state index contributed by atoms with van der Waals surface area (Å²) in [6.45, 7) is 0.0398. The molecule has 1 aromatic rings. The molecule has 0 aromatic heterocycles. The quantitative estimate of drug-likeness (QED) is 0.926. The van der Waals surface area contributed by atoms with E-state index in [1.54, 1.807) is 0 Å². The topological polar surface area (TPSA) is 49.8 Å². The lowest BCUT2D eigenvalue weighted by molar-refractivity contribution is -0.137. The van der Waals surface area contributed by atoms with Gasteiger partial charge in [0.1, 0.15) is 5.75 Å². The third kappa shape index (κ3) is 2.87. The first-order chi connectivity index (χ1) is 9.35. The number of carbonyl (C=O) groups excluding carboxylic acids is 1. The lowest BCUT2D eigenvalue weighted by Crippen LogP contribution is -2.25. The second-order valence-corrected chi connectivity index (χ2v) is 4.67. The minimum absolute atomic E-state index is 0.0371. The van der Waals surface area contributed by atoms with Crippen LogP contribution >= 0.6 is 0 Å². The highest BCUT2D eigenvalue weighted by Crippen LogP contribution is 2.36. The van der Waals surface area contributed by atoms with Crippen LogP contribution in [-0.2, 0) is 11.0 Å². The van der Waals surface area contributed by atoms with Crippen molar-refractivity contribution >= 4 is 11.6 Å². The maximum Gasteiger partial charge on any atom is 0.416 e. The van der Waals surface area contributed by atoms with Crippen molar-refractivity contribution in [3.05, 3.63) is 23.8 Å². The minimum atomic E-state index is -4.51. The number of anilines is 1. The summed E-state index contributed by atoms with van der Waals surface area (Å²) in [5.74, 6) is -0.511. The van der Waals surface area contributed by atoms with Crippen LogP contribution < -0.4 is 9.64 Å². The third-order valence-electron chi connectivity index (χ3n) is 3.23. The maximum absolute atomic E-state index is 12.8. The number of methoxy groups -OCH3 is 1. The lowest BCUT2D eigenvalue weighted by Gasteiger charge is -2.19. The number of halogens is 3. The van der Waals surface area contributed by atoms with Gasteiger partial charge in [0.15, 0.2) is 0 Å². The molecule has 0 bridgehead atoms. The Morgan fingerprint density at radius 1 is 1.40 bits per heavy atom. The second-order valence-electron chi connectivity index (χ2n) is 4.67. The maximum atomic E-state index is 12.8. The Labute approximate surface area is 113 Å². The molecule has 2 rings (SSSR count). The van der Waals surface area contributed by atoms with Crippen LogP contribution in [0.5, 0.6) is 5.75 Å². The first-order valence-electron chi connectivity index (χ1n) is 6.02. The number of carbonyl (C=O) groups is 1. The highest BCUT2D eigenvalue weighted by atomic mass is 19.4. The van der Waals surface area contributed by atoms with Gasteiger partial charge in [-0.2, -0.15) is 13.2 Å². The van der Waals surface area contributed by atoms with Crippen LogP contribution in [0.1, 0.15) is 12.0 Å². The van der Waals surface area contributed by atoms with Crippen molar-refractivity contribution in [3.8, 4) is 5.75 Å². The van der Waals surface area contributed by atoms with Gasteiger partial charge in [0.05, 0.1) is 12.7 Å². The Hall–Kier alpha value is -1.76. The first-order valence-corrected chi connectivity index (χ1v) is 6.02. The van der Waals surface area contributed by atoms with E-state index in [1.165, 1.54) is 18.1 Å². The molecule has 110 valence electrons. The number of rotatable bonds is 3. The molecule has 7 heteroatoms. The molecule has 1 unspecified atom stereocenters. The van der Waals surface area contributed by atoms with E-state index in [9.17, 15) is 18.0 Å². The molecule has 0 aliphatic carbocycles. The third-order valence-corrected chi connectivity index (χ3v) is 3.23. The molecular weight excluding hydrogens is 275 g/mol. The van der Waals surface area contributed by atoms with Crippen LogP contribution in [0.2, 0.25) is 0 Å². The number of ether oxygens (including phenoxy) is 1. The van der Waals surface area contributed by atoms with Crippen molar-refractivity contribution in [2.24, 2.45) is 5.92 Å². The standard InChI is InChI=1S/C13H14F3NO3/c1-20-11-4-9(13(14,15)16)3-10(5-11)17-6-8(7-18)2-12(17)19/h3-5,8,18H,2,6-7H2,1H3. The number of aliphatic hydroxyl groups excluding tert-OH is 1. The van der Waals surface area contributed by atoms with Gasteiger partial charge in [-0.15, -0.1) is 0 Å². The highest BCUT2D eigenvalue weighted by Gasteiger charge is 2.34. The van der Waals surface area contributed by atoms with Crippen LogP contribution in [0.4, 0.5) is 18.9 Å². The number of benzene rings is 1. The van der Waals surface area contributed by atoms with Crippen molar-refractivity contribution in [2.45, 2.75) is 12.6 Å². The number of hydrogen-bond acceptors (Lipinski definition) is 3. The SMILES string of the molecule is COc1cc(N2CC(CO)CC2=O)cc(C(F)(F)F)c1. The Morgan fingerprint density at radius 2 is 2.10 bits per heavy atom. The zero-order chi connectivity index (χ0) is 14.9. The Morgan fingerprint density at radius 3 is 2.60 bits per heavy atom. The number of alkyl halides is 3. The zero-order valence-corrected chi connectivity index (χ0v) is 10.8. The molecule has 1 fully saturated rings. The summed E-state index contributed by atoms with van der Waals surface area (Å²) in [6.07, 6.45) is -4.38. The van der Waals surface area contributed by atoms with E-state index in [1.807, 2.05) is 0 Å². The molecule has 1 aliphatic rings. The summed E-state index contributed by atoms with van der Waals surface area (Å²) >= 11 is 0. The molecule has 1 heterocycles. The molecule has 1 saturated heterocycles. The summed E-state index contributed by atoms with van der Waals surface area (Å²) in [7, 11) is 1.27. The van der Waals surface area contributed by atoms with Gasteiger partial charge < -0.3 is 14.7 Å². The van der Waals surface area contributed by atoms with Gasteiger partial charge >= 0.3 is 6.18 Å². The van der Waals surface area contributed by atoms with Crippen LogP contribution in [-0.4, -0.2) is 31.3 Å². The largest absolute Gasteiger partial charge is 0.497 e. The molecular formula is C13H14F3NO3. The molecule has 1 aliphatic heterocycles. The van der Waals surface area contributed by atoms with E-state index in [0.717, 1.165) is 12.1 Å². The Balaban J connectivity index is 2.39. The number of amides is 1. The average Bonchev–Trinajstić information content (AvgIpc) is 2.78. The number of aliphatic hydroxyl groups is 1. The van der Waals surface area contributed by atoms with Gasteiger partial charge in [-0.1, -0.05) is 0 Å². The van der Waals surface area contributed by atoms with Gasteiger partial charge in [-0.25, -0.2) is 0 Å². The van der Waals surface area contributed by atoms with Crippen molar-refractivity contribution in [2.75, 3.05) is 25.2 Å². The number of nitrogens with zero attached hydrogens (tertiary/aromatic N) is 1. The smallest absolute Gasteiger partial charge is 0.416 e. The van der Waals surface area contributed by atoms with Crippen LogP contribution in [0, 0.1) is 5.92 Å². The first kappa shape index (κ1) is 14.6. The van der Waals surface area contributed by atoms with E-state index in [4.69, 9.17) is 9.84 Å².